The second-order valence-electron chi connectivity index (χ2n) is 7.38. The SMILES string of the molecule is CC(=O)CC(=O)C=Cc1ccc(O)c(CO)c1.CC=Cc1ccc(C(C)C)c(OC)c1. The first-order chi connectivity index (χ1) is 14.7. The molecule has 0 saturated carbocycles. The highest BCUT2D eigenvalue weighted by molar-refractivity contribution is 6.05. The van der Waals surface area contributed by atoms with E-state index in [2.05, 4.69) is 38.1 Å². The smallest absolute Gasteiger partial charge is 0.163 e. The molecule has 2 rings (SSSR count). The summed E-state index contributed by atoms with van der Waals surface area (Å²) in [6.45, 7) is 7.45. The molecule has 166 valence electrons. The summed E-state index contributed by atoms with van der Waals surface area (Å²) in [6, 6.07) is 11.0. The first kappa shape index (κ1) is 25.9. The van der Waals surface area contributed by atoms with Crippen molar-refractivity contribution in [1.29, 1.82) is 0 Å². The fourth-order valence-electron chi connectivity index (χ4n) is 2.83. The molecule has 0 amide bonds. The van der Waals surface area contributed by atoms with Crippen molar-refractivity contribution < 1.29 is 24.5 Å². The third kappa shape index (κ3) is 9.01. The topological polar surface area (TPSA) is 83.8 Å². The van der Waals surface area contributed by atoms with Gasteiger partial charge in [0, 0.05) is 5.56 Å². The Labute approximate surface area is 184 Å². The summed E-state index contributed by atoms with van der Waals surface area (Å²) in [4.78, 5) is 21.9. The van der Waals surface area contributed by atoms with Gasteiger partial charge in [-0.3, -0.25) is 9.59 Å². The number of hydrogen-bond donors (Lipinski definition) is 2. The van der Waals surface area contributed by atoms with Gasteiger partial charge in [-0.2, -0.15) is 0 Å². The van der Waals surface area contributed by atoms with Crippen molar-refractivity contribution in [2.45, 2.75) is 46.6 Å². The molecule has 5 nitrogen and oxygen atoms in total. The number of benzene rings is 2. The molecule has 0 heterocycles. The normalized spacial score (nSPS) is 10.9. The van der Waals surface area contributed by atoms with Crippen LogP contribution >= 0.6 is 0 Å². The van der Waals surface area contributed by atoms with Crippen molar-refractivity contribution in [2.24, 2.45) is 0 Å². The molecule has 0 bridgehead atoms. The number of carbonyl (C=O) groups excluding carboxylic acids is 2. The van der Waals surface area contributed by atoms with Gasteiger partial charge < -0.3 is 14.9 Å². The molecular weight excluding hydrogens is 392 g/mol. The molecule has 2 aromatic rings. The number of aliphatic hydroxyl groups excluding tert-OH is 1. The van der Waals surface area contributed by atoms with E-state index in [9.17, 15) is 14.7 Å². The number of hydrogen-bond acceptors (Lipinski definition) is 5. The number of aliphatic hydroxyl groups is 1. The molecular formula is C26H32O5. The highest BCUT2D eigenvalue weighted by Gasteiger charge is 2.06. The van der Waals surface area contributed by atoms with Crippen LogP contribution in [-0.2, 0) is 16.2 Å². The van der Waals surface area contributed by atoms with Crippen LogP contribution in [0.4, 0.5) is 0 Å². The standard InChI is InChI=1S/C13H14O4.C13H18O/c1-9(15)6-12(16)4-2-10-3-5-13(17)11(7-10)8-14;1-5-6-11-7-8-12(10(2)3)13(9-11)14-4/h2-5,7,14,17H,6,8H2,1H3;5-10H,1-4H3. The van der Waals surface area contributed by atoms with Gasteiger partial charge in [-0.05, 0) is 60.7 Å². The number of carbonyl (C=O) groups is 2. The molecule has 0 aliphatic rings. The average Bonchev–Trinajstić information content (AvgIpc) is 2.73. The molecule has 31 heavy (non-hydrogen) atoms. The Morgan fingerprint density at radius 2 is 1.71 bits per heavy atom. The third-order valence-electron chi connectivity index (χ3n) is 4.40. The first-order valence-electron chi connectivity index (χ1n) is 10.2. The number of phenols is 1. The number of aromatic hydroxyl groups is 1. The molecule has 0 fully saturated rings. The van der Waals surface area contributed by atoms with Gasteiger partial charge in [-0.25, -0.2) is 0 Å². The zero-order valence-corrected chi connectivity index (χ0v) is 18.9. The fourth-order valence-corrected chi connectivity index (χ4v) is 2.83. The second-order valence-corrected chi connectivity index (χ2v) is 7.38. The predicted octanol–water partition coefficient (Wildman–Crippen LogP) is 5.30. The summed E-state index contributed by atoms with van der Waals surface area (Å²) >= 11 is 0. The van der Waals surface area contributed by atoms with E-state index >= 15 is 0 Å². The van der Waals surface area contributed by atoms with Crippen LogP contribution in [-0.4, -0.2) is 28.9 Å². The quantitative estimate of drug-likeness (QED) is 0.444. The molecule has 0 aliphatic heterocycles. The Bertz CT molecular complexity index is 939. The van der Waals surface area contributed by atoms with Crippen LogP contribution in [0, 0.1) is 0 Å². The van der Waals surface area contributed by atoms with Gasteiger partial charge in [0.1, 0.15) is 17.3 Å². The third-order valence-corrected chi connectivity index (χ3v) is 4.40. The lowest BCUT2D eigenvalue weighted by Crippen LogP contribution is -2.00. The van der Waals surface area contributed by atoms with Crippen molar-refractivity contribution in [1.82, 2.24) is 0 Å². The number of Topliss-reactive ketones (excluding diaryl/α,β-unsaturated/α-hetero) is 1. The highest BCUT2D eigenvalue weighted by atomic mass is 16.5. The zero-order valence-electron chi connectivity index (χ0n) is 18.9. The maximum atomic E-state index is 11.2. The van der Waals surface area contributed by atoms with Gasteiger partial charge >= 0.3 is 0 Å². The molecule has 0 unspecified atom stereocenters. The van der Waals surface area contributed by atoms with Gasteiger partial charge in [0.25, 0.3) is 0 Å². The molecule has 0 saturated heterocycles. The van der Waals surface area contributed by atoms with E-state index < -0.39 is 0 Å². The fraction of sp³-hybridized carbons (Fsp3) is 0.308. The van der Waals surface area contributed by atoms with Crippen molar-refractivity contribution in [3.8, 4) is 11.5 Å². The van der Waals surface area contributed by atoms with Gasteiger partial charge in [0.05, 0.1) is 20.1 Å². The Kier molecular flexibility index (Phi) is 11.0. The lowest BCUT2D eigenvalue weighted by atomic mass is 10.0. The van der Waals surface area contributed by atoms with Gasteiger partial charge in [-0.15, -0.1) is 0 Å². The Balaban J connectivity index is 0.000000316. The average molecular weight is 425 g/mol. The van der Waals surface area contributed by atoms with Gasteiger partial charge in [0.2, 0.25) is 0 Å². The zero-order chi connectivity index (χ0) is 23.4. The van der Waals surface area contributed by atoms with Gasteiger partial charge in [-0.1, -0.05) is 50.3 Å². The van der Waals surface area contributed by atoms with Crippen LogP contribution in [0.25, 0.3) is 12.2 Å². The summed E-state index contributed by atoms with van der Waals surface area (Å²) in [6.07, 6.45) is 6.86. The lowest BCUT2D eigenvalue weighted by Gasteiger charge is -2.12. The first-order valence-corrected chi connectivity index (χ1v) is 10.2. The number of methoxy groups -OCH3 is 1. The summed E-state index contributed by atoms with van der Waals surface area (Å²) in [5.41, 5.74) is 3.53. The maximum Gasteiger partial charge on any atom is 0.163 e. The number of ether oxygens (including phenoxy) is 1. The monoisotopic (exact) mass is 424 g/mol. The lowest BCUT2D eigenvalue weighted by molar-refractivity contribution is -0.123. The van der Waals surface area contributed by atoms with Crippen molar-refractivity contribution in [3.63, 3.8) is 0 Å². The number of ketones is 2. The minimum Gasteiger partial charge on any atom is -0.508 e. The van der Waals surface area contributed by atoms with E-state index in [1.54, 1.807) is 25.3 Å². The van der Waals surface area contributed by atoms with Crippen LogP contribution in [0.15, 0.2) is 48.6 Å². The van der Waals surface area contributed by atoms with E-state index in [-0.39, 0.29) is 30.3 Å². The van der Waals surface area contributed by atoms with Crippen molar-refractivity contribution in [3.05, 3.63) is 70.8 Å². The van der Waals surface area contributed by atoms with Crippen molar-refractivity contribution in [2.75, 3.05) is 7.11 Å². The maximum absolute atomic E-state index is 11.2. The molecule has 0 atom stereocenters. The van der Waals surface area contributed by atoms with Gasteiger partial charge in [0.15, 0.2) is 5.78 Å². The van der Waals surface area contributed by atoms with E-state index in [4.69, 9.17) is 9.84 Å². The van der Waals surface area contributed by atoms with Crippen LogP contribution in [0.5, 0.6) is 11.5 Å². The molecule has 5 heteroatoms. The molecule has 0 radical (unpaired) electrons. The summed E-state index contributed by atoms with van der Waals surface area (Å²) in [5.74, 6) is 1.05. The largest absolute Gasteiger partial charge is 0.508 e. The summed E-state index contributed by atoms with van der Waals surface area (Å²) < 4.78 is 5.36. The minimum absolute atomic E-state index is 0.0136. The Morgan fingerprint density at radius 1 is 1.06 bits per heavy atom. The molecule has 0 spiro atoms. The Morgan fingerprint density at radius 3 is 2.26 bits per heavy atom. The second kappa shape index (κ2) is 13.2. The van der Waals surface area contributed by atoms with Crippen LogP contribution in [0.1, 0.15) is 62.3 Å². The molecule has 0 aliphatic carbocycles. The van der Waals surface area contributed by atoms with E-state index in [0.717, 1.165) is 5.75 Å². The Hall–Kier alpha value is -3.18. The molecule has 2 aromatic carbocycles. The molecule has 2 N–H and O–H groups in total. The summed E-state index contributed by atoms with van der Waals surface area (Å²) in [7, 11) is 1.72. The van der Waals surface area contributed by atoms with Crippen molar-refractivity contribution >= 4 is 23.7 Å². The van der Waals surface area contributed by atoms with E-state index in [0.29, 0.717) is 17.0 Å². The molecule has 0 aromatic heterocycles. The van der Waals surface area contributed by atoms with E-state index in [1.807, 2.05) is 13.0 Å². The summed E-state index contributed by atoms with van der Waals surface area (Å²) in [5, 5.41) is 18.3. The van der Waals surface area contributed by atoms with E-state index in [1.165, 1.54) is 30.2 Å². The highest BCUT2D eigenvalue weighted by Crippen LogP contribution is 2.27. The van der Waals surface area contributed by atoms with Crippen LogP contribution < -0.4 is 4.74 Å². The number of allylic oxidation sites excluding steroid dienone is 2. The predicted molar refractivity (Wildman–Crippen MR) is 125 cm³/mol. The number of rotatable bonds is 8. The minimum atomic E-state index is -0.269. The van der Waals surface area contributed by atoms with Crippen LogP contribution in [0.2, 0.25) is 0 Å². The van der Waals surface area contributed by atoms with Crippen LogP contribution in [0.3, 0.4) is 0 Å².